The molecule has 0 spiro atoms. The molecule has 0 saturated carbocycles. The fraction of sp³-hybridized carbons (Fsp3) is 0.467. The molecule has 0 saturated heterocycles. The van der Waals surface area contributed by atoms with E-state index >= 15 is 0 Å². The molecule has 0 radical (unpaired) electrons. The highest BCUT2D eigenvalue weighted by Gasteiger charge is 2.13. The van der Waals surface area contributed by atoms with Crippen molar-refractivity contribution in [3.8, 4) is 0 Å². The number of anilines is 1. The molecule has 0 aromatic heterocycles. The fourth-order valence-electron chi connectivity index (χ4n) is 1.93. The van der Waals surface area contributed by atoms with Gasteiger partial charge in [0.05, 0.1) is 6.54 Å². The van der Waals surface area contributed by atoms with Crippen LogP contribution in [0.2, 0.25) is 0 Å². The van der Waals surface area contributed by atoms with E-state index in [1.807, 2.05) is 38.1 Å². The summed E-state index contributed by atoms with van der Waals surface area (Å²) in [4.78, 5) is 24.9. The topological polar surface area (TPSA) is 49.4 Å². The van der Waals surface area contributed by atoms with Crippen LogP contribution in [-0.4, -0.2) is 29.8 Å². The van der Waals surface area contributed by atoms with Crippen LogP contribution >= 0.6 is 0 Å². The van der Waals surface area contributed by atoms with Crippen molar-refractivity contribution in [3.63, 3.8) is 0 Å². The number of aryl methyl sites for hydroxylation is 1. The minimum Gasteiger partial charge on any atom is -0.334 e. The number of hydrogen-bond donors (Lipinski definition) is 1. The maximum absolute atomic E-state index is 12.0. The normalized spacial score (nSPS) is 10.1. The number of nitrogens with zero attached hydrogens (tertiary/aromatic N) is 1. The van der Waals surface area contributed by atoms with E-state index in [1.54, 1.807) is 4.90 Å². The van der Waals surface area contributed by atoms with Gasteiger partial charge in [-0.2, -0.15) is 0 Å². The van der Waals surface area contributed by atoms with Crippen LogP contribution in [-0.2, 0) is 16.0 Å². The third kappa shape index (κ3) is 4.73. The van der Waals surface area contributed by atoms with E-state index in [-0.39, 0.29) is 18.4 Å². The quantitative estimate of drug-likeness (QED) is 0.856. The minimum atomic E-state index is -0.149. The number of amides is 2. The zero-order valence-corrected chi connectivity index (χ0v) is 11.9. The molecular weight excluding hydrogens is 240 g/mol. The Hall–Kier alpha value is -1.84. The summed E-state index contributed by atoms with van der Waals surface area (Å²) in [6.45, 7) is 6.24. The standard InChI is InChI=1S/C15H22N2O2/c1-4-10-17(12(3)18)11-15(19)16-14-9-7-6-8-13(14)5-2/h6-9H,4-5,10-11H2,1-3H3,(H,16,19). The lowest BCUT2D eigenvalue weighted by Crippen LogP contribution is -2.37. The summed E-state index contributed by atoms with van der Waals surface area (Å²) in [5.41, 5.74) is 1.93. The average molecular weight is 262 g/mol. The molecule has 2 amide bonds. The molecule has 0 aliphatic heterocycles. The van der Waals surface area contributed by atoms with Gasteiger partial charge in [-0.15, -0.1) is 0 Å². The summed E-state index contributed by atoms with van der Waals surface area (Å²) in [5, 5.41) is 2.87. The summed E-state index contributed by atoms with van der Waals surface area (Å²) in [7, 11) is 0. The van der Waals surface area contributed by atoms with Crippen LogP contribution in [0.4, 0.5) is 5.69 Å². The molecular formula is C15H22N2O2. The van der Waals surface area contributed by atoms with Gasteiger partial charge in [-0.25, -0.2) is 0 Å². The second-order valence-electron chi connectivity index (χ2n) is 4.50. The predicted octanol–water partition coefficient (Wildman–Crippen LogP) is 2.45. The van der Waals surface area contributed by atoms with Gasteiger partial charge in [0.2, 0.25) is 11.8 Å². The highest BCUT2D eigenvalue weighted by atomic mass is 16.2. The van der Waals surface area contributed by atoms with Crippen molar-refractivity contribution in [1.82, 2.24) is 4.90 Å². The van der Waals surface area contributed by atoms with E-state index in [4.69, 9.17) is 0 Å². The van der Waals surface area contributed by atoms with Gasteiger partial charge in [0.1, 0.15) is 0 Å². The van der Waals surface area contributed by atoms with E-state index in [0.29, 0.717) is 6.54 Å². The van der Waals surface area contributed by atoms with Crippen LogP contribution in [0.15, 0.2) is 24.3 Å². The maximum atomic E-state index is 12.0. The number of hydrogen-bond acceptors (Lipinski definition) is 2. The van der Waals surface area contributed by atoms with E-state index < -0.39 is 0 Å². The van der Waals surface area contributed by atoms with Crippen LogP contribution in [0.1, 0.15) is 32.8 Å². The molecule has 1 aromatic carbocycles. The van der Waals surface area contributed by atoms with Crippen LogP contribution in [0, 0.1) is 0 Å². The van der Waals surface area contributed by atoms with Gasteiger partial charge in [-0.1, -0.05) is 32.0 Å². The Morgan fingerprint density at radius 2 is 1.89 bits per heavy atom. The lowest BCUT2D eigenvalue weighted by atomic mass is 10.1. The summed E-state index contributed by atoms with van der Waals surface area (Å²) in [6, 6.07) is 7.72. The van der Waals surface area contributed by atoms with Crippen molar-refractivity contribution < 1.29 is 9.59 Å². The third-order valence-electron chi connectivity index (χ3n) is 2.95. The minimum absolute atomic E-state index is 0.0687. The first-order valence-electron chi connectivity index (χ1n) is 6.71. The number of rotatable bonds is 6. The Labute approximate surface area is 114 Å². The second-order valence-corrected chi connectivity index (χ2v) is 4.50. The highest BCUT2D eigenvalue weighted by molar-refractivity contribution is 5.94. The smallest absolute Gasteiger partial charge is 0.244 e. The van der Waals surface area contributed by atoms with Crippen LogP contribution in [0.3, 0.4) is 0 Å². The molecule has 0 unspecified atom stereocenters. The van der Waals surface area contributed by atoms with Gasteiger partial charge in [-0.3, -0.25) is 9.59 Å². The number of nitrogens with one attached hydrogen (secondary N) is 1. The van der Waals surface area contributed by atoms with Crippen molar-refractivity contribution in [3.05, 3.63) is 29.8 Å². The Bertz CT molecular complexity index is 444. The average Bonchev–Trinajstić information content (AvgIpc) is 2.38. The SMILES string of the molecule is CCCN(CC(=O)Nc1ccccc1CC)C(C)=O. The first-order valence-corrected chi connectivity index (χ1v) is 6.71. The molecule has 0 fully saturated rings. The summed E-state index contributed by atoms with van der Waals surface area (Å²) < 4.78 is 0. The molecule has 1 rings (SSSR count). The highest BCUT2D eigenvalue weighted by Crippen LogP contribution is 2.15. The van der Waals surface area contributed by atoms with Gasteiger partial charge >= 0.3 is 0 Å². The Morgan fingerprint density at radius 1 is 1.21 bits per heavy atom. The molecule has 19 heavy (non-hydrogen) atoms. The van der Waals surface area contributed by atoms with Crippen molar-refractivity contribution in [2.75, 3.05) is 18.4 Å². The largest absolute Gasteiger partial charge is 0.334 e. The van der Waals surface area contributed by atoms with Gasteiger partial charge in [-0.05, 0) is 24.5 Å². The Balaban J connectivity index is 2.66. The van der Waals surface area contributed by atoms with E-state index in [1.165, 1.54) is 6.92 Å². The van der Waals surface area contributed by atoms with Gasteiger partial charge in [0.15, 0.2) is 0 Å². The number of benzene rings is 1. The molecule has 0 heterocycles. The van der Waals surface area contributed by atoms with Gasteiger partial charge < -0.3 is 10.2 Å². The van der Waals surface area contributed by atoms with Crippen LogP contribution in [0.5, 0.6) is 0 Å². The van der Waals surface area contributed by atoms with E-state index in [2.05, 4.69) is 5.32 Å². The molecule has 104 valence electrons. The molecule has 0 aliphatic carbocycles. The summed E-state index contributed by atoms with van der Waals surface area (Å²) in [5.74, 6) is -0.217. The first-order chi connectivity index (χ1) is 9.08. The Kier molecular flexibility index (Phi) is 6.06. The molecule has 4 nitrogen and oxygen atoms in total. The fourth-order valence-corrected chi connectivity index (χ4v) is 1.93. The first kappa shape index (κ1) is 15.2. The molecule has 1 aromatic rings. The number of carbonyl (C=O) groups excluding carboxylic acids is 2. The predicted molar refractivity (Wildman–Crippen MR) is 77.0 cm³/mol. The van der Waals surface area contributed by atoms with E-state index in [9.17, 15) is 9.59 Å². The van der Waals surface area contributed by atoms with Crippen molar-refractivity contribution >= 4 is 17.5 Å². The molecule has 4 heteroatoms. The van der Waals surface area contributed by atoms with E-state index in [0.717, 1.165) is 24.1 Å². The zero-order chi connectivity index (χ0) is 14.3. The van der Waals surface area contributed by atoms with Crippen molar-refractivity contribution in [2.24, 2.45) is 0 Å². The second kappa shape index (κ2) is 7.56. The monoisotopic (exact) mass is 262 g/mol. The lowest BCUT2D eigenvalue weighted by Gasteiger charge is -2.20. The maximum Gasteiger partial charge on any atom is 0.244 e. The molecule has 1 N–H and O–H groups in total. The molecule has 0 bridgehead atoms. The summed E-state index contributed by atoms with van der Waals surface area (Å²) in [6.07, 6.45) is 1.71. The van der Waals surface area contributed by atoms with Gasteiger partial charge in [0.25, 0.3) is 0 Å². The third-order valence-corrected chi connectivity index (χ3v) is 2.95. The Morgan fingerprint density at radius 3 is 2.47 bits per heavy atom. The number of carbonyl (C=O) groups is 2. The van der Waals surface area contributed by atoms with Crippen molar-refractivity contribution in [1.29, 1.82) is 0 Å². The molecule has 0 atom stereocenters. The van der Waals surface area contributed by atoms with Crippen LogP contribution in [0.25, 0.3) is 0 Å². The van der Waals surface area contributed by atoms with Crippen molar-refractivity contribution in [2.45, 2.75) is 33.6 Å². The summed E-state index contributed by atoms with van der Waals surface area (Å²) >= 11 is 0. The molecule has 0 aliphatic rings. The van der Waals surface area contributed by atoms with Gasteiger partial charge in [0, 0.05) is 19.2 Å². The lowest BCUT2D eigenvalue weighted by molar-refractivity contribution is -0.132. The number of para-hydroxylation sites is 1. The zero-order valence-electron chi connectivity index (χ0n) is 11.9. The van der Waals surface area contributed by atoms with Crippen LogP contribution < -0.4 is 5.32 Å².